The van der Waals surface area contributed by atoms with Crippen LogP contribution in [0.5, 0.6) is 0 Å². The quantitative estimate of drug-likeness (QED) is 0.566. The first kappa shape index (κ1) is 22.6. The van der Waals surface area contributed by atoms with Crippen molar-refractivity contribution in [3.05, 3.63) is 90.0 Å². The van der Waals surface area contributed by atoms with Gasteiger partial charge in [0.05, 0.1) is 6.20 Å². The maximum atomic E-state index is 13.8. The van der Waals surface area contributed by atoms with Crippen LogP contribution >= 0.6 is 0 Å². The first-order valence-corrected chi connectivity index (χ1v) is 11.7. The molecule has 33 heavy (non-hydrogen) atoms. The third-order valence-electron chi connectivity index (χ3n) is 6.20. The maximum Gasteiger partial charge on any atom is 0.279 e. The third kappa shape index (κ3) is 5.45. The summed E-state index contributed by atoms with van der Waals surface area (Å²) in [4.78, 5) is 37.3. The summed E-state index contributed by atoms with van der Waals surface area (Å²) < 4.78 is 0. The molecule has 1 unspecified atom stereocenters. The summed E-state index contributed by atoms with van der Waals surface area (Å²) in [5, 5.41) is 3.23. The molecule has 0 bridgehead atoms. The molecule has 6 nitrogen and oxygen atoms in total. The van der Waals surface area contributed by atoms with Crippen LogP contribution in [0.25, 0.3) is 0 Å². The Labute approximate surface area is 195 Å². The molecule has 4 rings (SSSR count). The lowest BCUT2D eigenvalue weighted by molar-refractivity contribution is -0.123. The summed E-state index contributed by atoms with van der Waals surface area (Å²) in [7, 11) is 0. The maximum absolute atomic E-state index is 13.8. The van der Waals surface area contributed by atoms with Crippen molar-refractivity contribution in [2.24, 2.45) is 0 Å². The van der Waals surface area contributed by atoms with E-state index < -0.39 is 6.04 Å². The van der Waals surface area contributed by atoms with E-state index in [1.807, 2.05) is 54.6 Å². The highest BCUT2D eigenvalue weighted by Gasteiger charge is 2.35. The molecule has 1 aromatic heterocycles. The normalized spacial score (nSPS) is 14.9. The molecule has 1 N–H and O–H groups in total. The lowest BCUT2D eigenvalue weighted by Crippen LogP contribution is -2.47. The average Bonchev–Trinajstić information content (AvgIpc) is 2.88. The summed E-state index contributed by atoms with van der Waals surface area (Å²) in [6.07, 6.45) is 10.7. The van der Waals surface area contributed by atoms with Crippen LogP contribution in [0.15, 0.2) is 73.2 Å². The van der Waals surface area contributed by atoms with Gasteiger partial charge in [0, 0.05) is 24.1 Å². The molecule has 2 amide bonds. The van der Waals surface area contributed by atoms with Gasteiger partial charge >= 0.3 is 0 Å². The van der Waals surface area contributed by atoms with Crippen LogP contribution in [0.1, 0.15) is 66.7 Å². The van der Waals surface area contributed by atoms with Gasteiger partial charge in [0.1, 0.15) is 11.7 Å². The van der Waals surface area contributed by atoms with Crippen LogP contribution in [0.3, 0.4) is 0 Å². The van der Waals surface area contributed by atoms with E-state index in [4.69, 9.17) is 0 Å². The molecule has 0 saturated heterocycles. The van der Waals surface area contributed by atoms with E-state index >= 15 is 0 Å². The van der Waals surface area contributed by atoms with E-state index in [0.29, 0.717) is 5.69 Å². The lowest BCUT2D eigenvalue weighted by atomic mass is 9.94. The number of carbonyl (C=O) groups excluding carboxylic acids is 2. The Balaban J connectivity index is 1.77. The molecule has 0 aliphatic heterocycles. The topological polar surface area (TPSA) is 75.2 Å². The average molecular weight is 443 g/mol. The second-order valence-corrected chi connectivity index (χ2v) is 8.44. The predicted molar refractivity (Wildman–Crippen MR) is 129 cm³/mol. The molecular formula is C27H30N4O2. The number of amides is 2. The van der Waals surface area contributed by atoms with Crippen molar-refractivity contribution >= 4 is 17.5 Å². The molecule has 0 radical (unpaired) electrons. The van der Waals surface area contributed by atoms with E-state index in [0.717, 1.165) is 43.2 Å². The molecule has 1 atom stereocenters. The molecular weight excluding hydrogens is 412 g/mol. The molecule has 3 aromatic rings. The minimum Gasteiger partial charge on any atom is -0.351 e. The summed E-state index contributed by atoms with van der Waals surface area (Å²) in [5.41, 5.74) is 2.76. The van der Waals surface area contributed by atoms with Crippen LogP contribution in [-0.2, 0) is 11.2 Å². The Morgan fingerprint density at radius 2 is 1.73 bits per heavy atom. The van der Waals surface area contributed by atoms with Crippen LogP contribution < -0.4 is 10.2 Å². The Kier molecular flexibility index (Phi) is 7.45. The van der Waals surface area contributed by atoms with Gasteiger partial charge in [-0.2, -0.15) is 0 Å². The molecule has 1 saturated carbocycles. The summed E-state index contributed by atoms with van der Waals surface area (Å²) in [5.74, 6) is -0.537. The van der Waals surface area contributed by atoms with Crippen LogP contribution in [0.2, 0.25) is 0 Å². The second-order valence-electron chi connectivity index (χ2n) is 8.44. The van der Waals surface area contributed by atoms with E-state index in [1.54, 1.807) is 4.90 Å². The Morgan fingerprint density at radius 3 is 2.36 bits per heavy atom. The number of benzene rings is 2. The molecule has 1 aliphatic carbocycles. The van der Waals surface area contributed by atoms with Gasteiger partial charge in [-0.3, -0.25) is 19.5 Å². The van der Waals surface area contributed by atoms with Gasteiger partial charge in [-0.15, -0.1) is 0 Å². The number of nitrogens with zero attached hydrogens (tertiary/aromatic N) is 3. The monoisotopic (exact) mass is 442 g/mol. The second kappa shape index (κ2) is 10.9. The van der Waals surface area contributed by atoms with Gasteiger partial charge in [0.2, 0.25) is 5.91 Å². The fourth-order valence-electron chi connectivity index (χ4n) is 4.39. The van der Waals surface area contributed by atoms with Gasteiger partial charge in [0.15, 0.2) is 0 Å². The van der Waals surface area contributed by atoms with Crippen molar-refractivity contribution < 1.29 is 9.59 Å². The molecule has 1 fully saturated rings. The van der Waals surface area contributed by atoms with Crippen molar-refractivity contribution in [3.63, 3.8) is 0 Å². The molecule has 2 aromatic carbocycles. The van der Waals surface area contributed by atoms with Gasteiger partial charge < -0.3 is 5.32 Å². The molecule has 6 heteroatoms. The van der Waals surface area contributed by atoms with Crippen molar-refractivity contribution in [2.75, 3.05) is 4.90 Å². The lowest BCUT2D eigenvalue weighted by Gasteiger charge is -2.33. The minimum atomic E-state index is -0.824. The number of aryl methyl sites for hydroxylation is 1. The van der Waals surface area contributed by atoms with E-state index in [2.05, 4.69) is 22.2 Å². The van der Waals surface area contributed by atoms with E-state index in [1.165, 1.54) is 25.0 Å². The van der Waals surface area contributed by atoms with Crippen LogP contribution in [-0.4, -0.2) is 27.8 Å². The fraction of sp³-hybridized carbons (Fsp3) is 0.333. The highest BCUT2D eigenvalue weighted by molar-refractivity contribution is 6.09. The Morgan fingerprint density at radius 1 is 1.00 bits per heavy atom. The zero-order valence-corrected chi connectivity index (χ0v) is 19.0. The molecule has 1 heterocycles. The van der Waals surface area contributed by atoms with Crippen molar-refractivity contribution in [3.8, 4) is 0 Å². The van der Waals surface area contributed by atoms with Crippen molar-refractivity contribution in [1.82, 2.24) is 15.3 Å². The fourth-order valence-corrected chi connectivity index (χ4v) is 4.39. The van der Waals surface area contributed by atoms with Crippen LogP contribution in [0, 0.1) is 0 Å². The SMILES string of the molecule is CCc1ccc(N(C(=O)c2cnccn2)C(C(=O)NC2CCCCC2)c2ccccc2)cc1. The van der Waals surface area contributed by atoms with Gasteiger partial charge in [0.25, 0.3) is 5.91 Å². The number of aromatic nitrogens is 2. The number of rotatable bonds is 7. The largest absolute Gasteiger partial charge is 0.351 e. The van der Waals surface area contributed by atoms with Gasteiger partial charge in [-0.05, 0) is 42.5 Å². The molecule has 0 spiro atoms. The number of hydrogen-bond donors (Lipinski definition) is 1. The van der Waals surface area contributed by atoms with E-state index in [-0.39, 0.29) is 23.6 Å². The Hall–Kier alpha value is -3.54. The van der Waals surface area contributed by atoms with Gasteiger partial charge in [-0.1, -0.05) is 68.7 Å². The Bertz CT molecular complexity index is 1050. The van der Waals surface area contributed by atoms with Crippen molar-refractivity contribution in [1.29, 1.82) is 0 Å². The van der Waals surface area contributed by atoms with E-state index in [9.17, 15) is 9.59 Å². The zero-order valence-electron chi connectivity index (χ0n) is 19.0. The number of nitrogens with one attached hydrogen (secondary N) is 1. The highest BCUT2D eigenvalue weighted by Crippen LogP contribution is 2.30. The zero-order chi connectivity index (χ0) is 23.0. The number of carbonyl (C=O) groups is 2. The van der Waals surface area contributed by atoms with Crippen molar-refractivity contribution in [2.45, 2.75) is 57.5 Å². The summed E-state index contributed by atoms with van der Waals surface area (Å²) in [6.45, 7) is 2.09. The summed E-state index contributed by atoms with van der Waals surface area (Å²) in [6, 6.07) is 16.6. The first-order chi connectivity index (χ1) is 16.2. The third-order valence-corrected chi connectivity index (χ3v) is 6.20. The first-order valence-electron chi connectivity index (χ1n) is 11.7. The van der Waals surface area contributed by atoms with Crippen LogP contribution in [0.4, 0.5) is 5.69 Å². The number of hydrogen-bond acceptors (Lipinski definition) is 4. The smallest absolute Gasteiger partial charge is 0.279 e. The standard InChI is InChI=1S/C27H30N4O2/c1-2-20-13-15-23(16-14-20)31(27(33)24-19-28-17-18-29-24)25(21-9-5-3-6-10-21)26(32)30-22-11-7-4-8-12-22/h3,5-6,9-10,13-19,22,25H,2,4,7-8,11-12H2,1H3,(H,30,32). The minimum absolute atomic E-state index is 0.133. The highest BCUT2D eigenvalue weighted by atomic mass is 16.2. The predicted octanol–water partition coefficient (Wildman–Crippen LogP) is 4.88. The molecule has 170 valence electrons. The summed E-state index contributed by atoms with van der Waals surface area (Å²) >= 11 is 0. The number of anilines is 1. The molecule has 1 aliphatic rings. The van der Waals surface area contributed by atoms with Gasteiger partial charge in [-0.25, -0.2) is 4.98 Å².